The van der Waals surface area contributed by atoms with Gasteiger partial charge in [-0.2, -0.15) is 0 Å². The van der Waals surface area contributed by atoms with Gasteiger partial charge in [-0.25, -0.2) is 4.79 Å². The van der Waals surface area contributed by atoms with Crippen LogP contribution in [0.2, 0.25) is 0 Å². The molecule has 1 aliphatic rings. The van der Waals surface area contributed by atoms with Crippen molar-refractivity contribution in [1.29, 1.82) is 0 Å². The van der Waals surface area contributed by atoms with Gasteiger partial charge in [0.05, 0.1) is 5.56 Å². The zero-order valence-electron chi connectivity index (χ0n) is 19.9. The van der Waals surface area contributed by atoms with Gasteiger partial charge < -0.3 is 10.2 Å². The lowest BCUT2D eigenvalue weighted by Gasteiger charge is -2.43. The number of aromatic hydroxyl groups is 1. The van der Waals surface area contributed by atoms with Crippen LogP contribution in [0.5, 0.6) is 5.75 Å². The Morgan fingerprint density at radius 1 is 0.727 bits per heavy atom. The van der Waals surface area contributed by atoms with E-state index >= 15 is 0 Å². The summed E-state index contributed by atoms with van der Waals surface area (Å²) in [5.41, 5.74) is 7.53. The molecule has 3 aromatic carbocycles. The van der Waals surface area contributed by atoms with Gasteiger partial charge in [-0.15, -0.1) is 0 Å². The first-order chi connectivity index (χ1) is 15.5. The predicted molar refractivity (Wildman–Crippen MR) is 134 cm³/mol. The number of carboxylic acids is 1. The number of hydrogen-bond acceptors (Lipinski definition) is 2. The standard InChI is InChI=1S/C30H32O3/c1-29(2)17-25(18-30(3,4)19-29)27(22-12-14-26(31)15-13-22)21-10-8-20(9-11-21)23-6-5-7-24(16-23)28(32)33/h5-16,31H,17-19H2,1-4H3,(H,32,33). The van der Waals surface area contributed by atoms with Gasteiger partial charge in [-0.1, -0.05) is 81.8 Å². The largest absolute Gasteiger partial charge is 0.508 e. The highest BCUT2D eigenvalue weighted by atomic mass is 16.4. The molecule has 1 fully saturated rings. The maximum absolute atomic E-state index is 11.4. The molecule has 0 bridgehead atoms. The van der Waals surface area contributed by atoms with Gasteiger partial charge in [-0.05, 0) is 82.2 Å². The van der Waals surface area contributed by atoms with Gasteiger partial charge in [0.15, 0.2) is 0 Å². The first kappa shape index (κ1) is 22.8. The molecule has 0 aromatic heterocycles. The van der Waals surface area contributed by atoms with Crippen molar-refractivity contribution in [1.82, 2.24) is 0 Å². The van der Waals surface area contributed by atoms with Crippen LogP contribution in [0, 0.1) is 10.8 Å². The van der Waals surface area contributed by atoms with Crippen LogP contribution in [-0.4, -0.2) is 16.2 Å². The Hall–Kier alpha value is -3.33. The number of carboxylic acid groups (broad SMARTS) is 1. The first-order valence-corrected chi connectivity index (χ1v) is 11.5. The van der Waals surface area contributed by atoms with E-state index in [-0.39, 0.29) is 22.1 Å². The van der Waals surface area contributed by atoms with Crippen LogP contribution in [-0.2, 0) is 0 Å². The number of hydrogen-bond donors (Lipinski definition) is 2. The van der Waals surface area contributed by atoms with Gasteiger partial charge in [0.1, 0.15) is 5.75 Å². The second-order valence-electron chi connectivity index (χ2n) is 10.8. The molecule has 1 aliphatic carbocycles. The van der Waals surface area contributed by atoms with E-state index in [1.165, 1.54) is 17.6 Å². The van der Waals surface area contributed by atoms with E-state index in [0.29, 0.717) is 0 Å². The Balaban J connectivity index is 1.81. The first-order valence-electron chi connectivity index (χ1n) is 11.5. The summed E-state index contributed by atoms with van der Waals surface area (Å²) >= 11 is 0. The van der Waals surface area contributed by atoms with Crippen LogP contribution in [0.1, 0.15) is 68.4 Å². The molecule has 1 saturated carbocycles. The Labute approximate surface area is 196 Å². The van der Waals surface area contributed by atoms with Gasteiger partial charge >= 0.3 is 5.97 Å². The molecular formula is C30H32O3. The number of phenolic OH excluding ortho intramolecular Hbond substituents is 1. The molecule has 3 aromatic rings. The Morgan fingerprint density at radius 2 is 1.27 bits per heavy atom. The normalized spacial score (nSPS) is 16.9. The minimum atomic E-state index is -0.921. The molecule has 3 heteroatoms. The number of carbonyl (C=O) groups is 1. The minimum absolute atomic E-state index is 0.219. The zero-order valence-corrected chi connectivity index (χ0v) is 19.9. The van der Waals surface area contributed by atoms with Crippen molar-refractivity contribution >= 4 is 11.5 Å². The van der Waals surface area contributed by atoms with Crippen molar-refractivity contribution in [2.45, 2.75) is 47.0 Å². The second-order valence-corrected chi connectivity index (χ2v) is 10.8. The number of rotatable bonds is 4. The monoisotopic (exact) mass is 440 g/mol. The molecular weight excluding hydrogens is 408 g/mol. The zero-order chi connectivity index (χ0) is 23.8. The molecule has 0 atom stereocenters. The highest BCUT2D eigenvalue weighted by Crippen LogP contribution is 2.51. The molecule has 0 amide bonds. The molecule has 0 unspecified atom stereocenters. The smallest absolute Gasteiger partial charge is 0.335 e. The van der Waals surface area contributed by atoms with Crippen LogP contribution in [0.3, 0.4) is 0 Å². The van der Waals surface area contributed by atoms with Crippen LogP contribution in [0.25, 0.3) is 16.7 Å². The van der Waals surface area contributed by atoms with E-state index in [9.17, 15) is 15.0 Å². The van der Waals surface area contributed by atoms with Gasteiger partial charge in [0.2, 0.25) is 0 Å². The molecule has 2 N–H and O–H groups in total. The van der Waals surface area contributed by atoms with Gasteiger partial charge in [0.25, 0.3) is 0 Å². The SMILES string of the molecule is CC1(C)CC(=C(c2ccc(O)cc2)c2ccc(-c3cccc(C(=O)O)c3)cc2)CC(C)(C)C1. The third kappa shape index (κ3) is 5.19. The molecule has 0 radical (unpaired) electrons. The number of benzene rings is 3. The molecule has 170 valence electrons. The molecule has 0 spiro atoms. The van der Waals surface area contributed by atoms with E-state index in [1.807, 2.05) is 18.2 Å². The van der Waals surface area contributed by atoms with E-state index in [4.69, 9.17) is 0 Å². The van der Waals surface area contributed by atoms with Crippen LogP contribution < -0.4 is 0 Å². The van der Waals surface area contributed by atoms with Crippen molar-refractivity contribution in [2.75, 3.05) is 0 Å². The summed E-state index contributed by atoms with van der Waals surface area (Å²) < 4.78 is 0. The number of allylic oxidation sites excluding steroid dienone is 1. The summed E-state index contributed by atoms with van der Waals surface area (Å²) in [5, 5.41) is 19.2. The third-order valence-corrected chi connectivity index (χ3v) is 6.47. The van der Waals surface area contributed by atoms with Crippen molar-refractivity contribution in [3.8, 4) is 16.9 Å². The van der Waals surface area contributed by atoms with Crippen LogP contribution >= 0.6 is 0 Å². The van der Waals surface area contributed by atoms with Crippen molar-refractivity contribution in [3.63, 3.8) is 0 Å². The highest BCUT2D eigenvalue weighted by molar-refractivity contribution is 5.89. The molecule has 0 heterocycles. The summed E-state index contributed by atoms with van der Waals surface area (Å²) in [5.74, 6) is -0.656. The molecule has 33 heavy (non-hydrogen) atoms. The number of phenols is 1. The fourth-order valence-electron chi connectivity index (χ4n) is 5.68. The van der Waals surface area contributed by atoms with Crippen LogP contribution in [0.15, 0.2) is 78.4 Å². The highest BCUT2D eigenvalue weighted by Gasteiger charge is 2.37. The Kier molecular flexibility index (Phi) is 5.92. The Morgan fingerprint density at radius 3 is 1.82 bits per heavy atom. The van der Waals surface area contributed by atoms with E-state index in [0.717, 1.165) is 35.1 Å². The number of aromatic carboxylic acids is 1. The summed E-state index contributed by atoms with van der Waals surface area (Å²) in [6.07, 6.45) is 3.26. The topological polar surface area (TPSA) is 57.5 Å². The van der Waals surface area contributed by atoms with Gasteiger partial charge in [-0.3, -0.25) is 0 Å². The lowest BCUT2D eigenvalue weighted by Crippen LogP contribution is -2.30. The summed E-state index contributed by atoms with van der Waals surface area (Å²) in [4.78, 5) is 11.4. The fourth-order valence-corrected chi connectivity index (χ4v) is 5.68. The molecule has 3 nitrogen and oxygen atoms in total. The average molecular weight is 441 g/mol. The lowest BCUT2D eigenvalue weighted by atomic mass is 9.62. The van der Waals surface area contributed by atoms with E-state index < -0.39 is 5.97 Å². The average Bonchev–Trinajstić information content (AvgIpc) is 2.74. The lowest BCUT2D eigenvalue weighted by molar-refractivity contribution is 0.0697. The van der Waals surface area contributed by atoms with Crippen molar-refractivity contribution in [3.05, 3.63) is 95.1 Å². The molecule has 0 aliphatic heterocycles. The molecule has 4 rings (SSSR count). The summed E-state index contributed by atoms with van der Waals surface area (Å²) in [7, 11) is 0. The fraction of sp³-hybridized carbons (Fsp3) is 0.300. The van der Waals surface area contributed by atoms with E-state index in [1.54, 1.807) is 30.3 Å². The van der Waals surface area contributed by atoms with Gasteiger partial charge in [0, 0.05) is 0 Å². The van der Waals surface area contributed by atoms with Crippen molar-refractivity contribution in [2.24, 2.45) is 10.8 Å². The minimum Gasteiger partial charge on any atom is -0.508 e. The maximum atomic E-state index is 11.4. The van der Waals surface area contributed by atoms with E-state index in [2.05, 4.69) is 52.0 Å². The van der Waals surface area contributed by atoms with Crippen LogP contribution in [0.4, 0.5) is 0 Å². The molecule has 0 saturated heterocycles. The second kappa shape index (κ2) is 8.55. The summed E-state index contributed by atoms with van der Waals surface area (Å²) in [6, 6.07) is 22.9. The maximum Gasteiger partial charge on any atom is 0.335 e. The summed E-state index contributed by atoms with van der Waals surface area (Å²) in [6.45, 7) is 9.39. The Bertz CT molecular complexity index is 1180. The van der Waals surface area contributed by atoms with Crippen molar-refractivity contribution < 1.29 is 15.0 Å². The third-order valence-electron chi connectivity index (χ3n) is 6.47. The quantitative estimate of drug-likeness (QED) is 0.435. The predicted octanol–water partition coefficient (Wildman–Crippen LogP) is 7.80.